The van der Waals surface area contributed by atoms with Gasteiger partial charge < -0.3 is 10.1 Å². The van der Waals surface area contributed by atoms with Gasteiger partial charge in [0.1, 0.15) is 5.75 Å². The second-order valence-electron chi connectivity index (χ2n) is 5.43. The van der Waals surface area contributed by atoms with Crippen molar-refractivity contribution in [3.63, 3.8) is 0 Å². The van der Waals surface area contributed by atoms with E-state index >= 15 is 0 Å². The summed E-state index contributed by atoms with van der Waals surface area (Å²) in [4.78, 5) is 1.46. The molecule has 1 aromatic heterocycles. The molecule has 1 N–H and O–H groups in total. The monoisotopic (exact) mass is 287 g/mol. The van der Waals surface area contributed by atoms with E-state index in [2.05, 4.69) is 48.0 Å². The van der Waals surface area contributed by atoms with E-state index in [0.717, 1.165) is 38.2 Å². The molecule has 1 aromatic carbocycles. The summed E-state index contributed by atoms with van der Waals surface area (Å²) in [5, 5.41) is 5.76. The maximum Gasteiger partial charge on any atom is 0.122 e. The van der Waals surface area contributed by atoms with Crippen molar-refractivity contribution >= 4 is 11.3 Å². The topological polar surface area (TPSA) is 21.3 Å². The van der Waals surface area contributed by atoms with Gasteiger partial charge in [0.25, 0.3) is 0 Å². The van der Waals surface area contributed by atoms with Crippen molar-refractivity contribution in [2.24, 2.45) is 0 Å². The predicted molar refractivity (Wildman–Crippen MR) is 84.8 cm³/mol. The minimum absolute atomic E-state index is 0.534. The van der Waals surface area contributed by atoms with E-state index < -0.39 is 0 Å². The van der Waals surface area contributed by atoms with Crippen molar-refractivity contribution in [1.29, 1.82) is 0 Å². The summed E-state index contributed by atoms with van der Waals surface area (Å²) < 4.78 is 5.54. The van der Waals surface area contributed by atoms with Gasteiger partial charge in [-0.3, -0.25) is 0 Å². The first-order valence-electron chi connectivity index (χ1n) is 7.31. The van der Waals surface area contributed by atoms with Crippen LogP contribution in [0.2, 0.25) is 0 Å². The van der Waals surface area contributed by atoms with E-state index in [0.29, 0.717) is 6.04 Å². The van der Waals surface area contributed by atoms with Crippen LogP contribution in [0.25, 0.3) is 0 Å². The molecule has 0 saturated heterocycles. The number of hydrogen-bond acceptors (Lipinski definition) is 3. The molecular formula is C17H21NOS. The highest BCUT2D eigenvalue weighted by Crippen LogP contribution is 2.25. The standard InChI is InChI=1S/C17H21NOS/c1-13(11-16-3-2-10-20-16)18-8-6-14-4-5-17-15(12-14)7-9-19-17/h2-5,10,12-13,18H,6-9,11H2,1H3. The average Bonchev–Trinajstić information content (AvgIpc) is 3.09. The summed E-state index contributed by atoms with van der Waals surface area (Å²) in [5.41, 5.74) is 2.78. The molecule has 2 nitrogen and oxygen atoms in total. The average molecular weight is 287 g/mol. The number of nitrogens with one attached hydrogen (secondary N) is 1. The molecule has 0 saturated carbocycles. The van der Waals surface area contributed by atoms with E-state index in [1.165, 1.54) is 16.0 Å². The fraction of sp³-hybridized carbons (Fsp3) is 0.412. The van der Waals surface area contributed by atoms with Gasteiger partial charge in [0, 0.05) is 17.3 Å². The minimum atomic E-state index is 0.534. The maximum atomic E-state index is 5.54. The fourth-order valence-corrected chi connectivity index (χ4v) is 3.50. The summed E-state index contributed by atoms with van der Waals surface area (Å²) in [6, 6.07) is 11.5. The Morgan fingerprint density at radius 1 is 1.35 bits per heavy atom. The maximum absolute atomic E-state index is 5.54. The molecule has 0 aliphatic carbocycles. The molecule has 0 spiro atoms. The molecule has 3 rings (SSSR count). The molecule has 20 heavy (non-hydrogen) atoms. The number of thiophene rings is 1. The molecule has 2 aromatic rings. The summed E-state index contributed by atoms with van der Waals surface area (Å²) >= 11 is 1.84. The van der Waals surface area contributed by atoms with Crippen LogP contribution >= 0.6 is 11.3 Å². The van der Waals surface area contributed by atoms with Crippen molar-refractivity contribution in [2.45, 2.75) is 32.2 Å². The molecule has 3 heteroatoms. The Bertz CT molecular complexity index is 550. The molecule has 2 heterocycles. The van der Waals surface area contributed by atoms with Gasteiger partial charge in [-0.05, 0) is 54.9 Å². The van der Waals surface area contributed by atoms with E-state index in [4.69, 9.17) is 4.74 Å². The Hall–Kier alpha value is -1.32. The van der Waals surface area contributed by atoms with Crippen LogP contribution in [0.1, 0.15) is 22.9 Å². The van der Waals surface area contributed by atoms with Crippen molar-refractivity contribution in [3.8, 4) is 5.75 Å². The Morgan fingerprint density at radius 3 is 3.15 bits per heavy atom. The number of ether oxygens (including phenoxy) is 1. The number of hydrogen-bond donors (Lipinski definition) is 1. The van der Waals surface area contributed by atoms with Crippen molar-refractivity contribution in [1.82, 2.24) is 5.32 Å². The second-order valence-corrected chi connectivity index (χ2v) is 6.46. The molecule has 0 amide bonds. The molecule has 0 fully saturated rings. The highest BCUT2D eigenvalue weighted by molar-refractivity contribution is 7.09. The molecule has 106 valence electrons. The van der Waals surface area contributed by atoms with Crippen LogP contribution in [-0.2, 0) is 19.3 Å². The first kappa shape index (κ1) is 13.7. The SMILES string of the molecule is CC(Cc1cccs1)NCCc1ccc2c(c1)CCO2. The molecule has 1 aliphatic heterocycles. The van der Waals surface area contributed by atoms with Crippen LogP contribution in [-0.4, -0.2) is 19.2 Å². The lowest BCUT2D eigenvalue weighted by molar-refractivity contribution is 0.357. The van der Waals surface area contributed by atoms with Crippen molar-refractivity contribution in [3.05, 3.63) is 51.7 Å². The summed E-state index contributed by atoms with van der Waals surface area (Å²) in [7, 11) is 0. The highest BCUT2D eigenvalue weighted by atomic mass is 32.1. The predicted octanol–water partition coefficient (Wildman–Crippen LogP) is 3.45. The largest absolute Gasteiger partial charge is 0.493 e. The molecule has 1 unspecified atom stereocenters. The Morgan fingerprint density at radius 2 is 2.30 bits per heavy atom. The van der Waals surface area contributed by atoms with Gasteiger partial charge in [0.15, 0.2) is 0 Å². The van der Waals surface area contributed by atoms with Gasteiger partial charge >= 0.3 is 0 Å². The van der Waals surface area contributed by atoms with Crippen LogP contribution in [0.4, 0.5) is 0 Å². The summed E-state index contributed by atoms with van der Waals surface area (Å²) in [6.07, 6.45) is 3.27. The van der Waals surface area contributed by atoms with Gasteiger partial charge in [-0.25, -0.2) is 0 Å². The van der Waals surface area contributed by atoms with E-state index in [-0.39, 0.29) is 0 Å². The quantitative estimate of drug-likeness (QED) is 0.878. The zero-order chi connectivity index (χ0) is 13.8. The van der Waals surface area contributed by atoms with Crippen LogP contribution in [0.3, 0.4) is 0 Å². The first-order valence-corrected chi connectivity index (χ1v) is 8.19. The fourth-order valence-electron chi connectivity index (χ4n) is 2.66. The zero-order valence-corrected chi connectivity index (χ0v) is 12.7. The Kier molecular flexibility index (Phi) is 4.38. The minimum Gasteiger partial charge on any atom is -0.493 e. The number of fused-ring (bicyclic) bond motifs is 1. The van der Waals surface area contributed by atoms with Gasteiger partial charge in [-0.2, -0.15) is 0 Å². The lowest BCUT2D eigenvalue weighted by atomic mass is 10.1. The van der Waals surface area contributed by atoms with Gasteiger partial charge in [-0.15, -0.1) is 11.3 Å². The normalized spacial score (nSPS) is 14.8. The van der Waals surface area contributed by atoms with E-state index in [9.17, 15) is 0 Å². The highest BCUT2D eigenvalue weighted by Gasteiger charge is 2.11. The lowest BCUT2D eigenvalue weighted by Gasteiger charge is -2.13. The summed E-state index contributed by atoms with van der Waals surface area (Å²) in [6.45, 7) is 4.14. The Balaban J connectivity index is 1.45. The van der Waals surface area contributed by atoms with E-state index in [1.807, 2.05) is 11.3 Å². The summed E-state index contributed by atoms with van der Waals surface area (Å²) in [5.74, 6) is 1.08. The third-order valence-electron chi connectivity index (χ3n) is 3.75. The van der Waals surface area contributed by atoms with Gasteiger partial charge in [-0.1, -0.05) is 18.2 Å². The van der Waals surface area contributed by atoms with E-state index in [1.54, 1.807) is 0 Å². The van der Waals surface area contributed by atoms with Crippen molar-refractivity contribution < 1.29 is 4.74 Å². The molecular weight excluding hydrogens is 266 g/mol. The smallest absolute Gasteiger partial charge is 0.122 e. The molecule has 0 radical (unpaired) electrons. The second kappa shape index (κ2) is 6.42. The van der Waals surface area contributed by atoms with Crippen molar-refractivity contribution in [2.75, 3.05) is 13.2 Å². The molecule has 1 atom stereocenters. The molecule has 1 aliphatic rings. The number of benzene rings is 1. The Labute approximate surface area is 124 Å². The van der Waals surface area contributed by atoms with Gasteiger partial charge in [0.2, 0.25) is 0 Å². The lowest BCUT2D eigenvalue weighted by Crippen LogP contribution is -2.29. The van der Waals surface area contributed by atoms with Crippen LogP contribution in [0, 0.1) is 0 Å². The zero-order valence-electron chi connectivity index (χ0n) is 11.9. The third-order valence-corrected chi connectivity index (χ3v) is 4.65. The van der Waals surface area contributed by atoms with Crippen LogP contribution < -0.4 is 10.1 Å². The van der Waals surface area contributed by atoms with Crippen LogP contribution in [0.15, 0.2) is 35.7 Å². The van der Waals surface area contributed by atoms with Gasteiger partial charge in [0.05, 0.1) is 6.61 Å². The number of rotatable bonds is 6. The molecule has 0 bridgehead atoms. The third kappa shape index (κ3) is 3.41. The first-order chi connectivity index (χ1) is 9.81. The van der Waals surface area contributed by atoms with Crippen LogP contribution in [0.5, 0.6) is 5.75 Å².